The van der Waals surface area contributed by atoms with E-state index in [0.717, 1.165) is 31.5 Å². The number of likely N-dealkylation sites (tertiary alicyclic amines) is 2. The maximum atomic E-state index is 12.6. The van der Waals surface area contributed by atoms with Crippen LogP contribution in [0.4, 0.5) is 5.82 Å². The quantitative estimate of drug-likeness (QED) is 0.633. The zero-order valence-electron chi connectivity index (χ0n) is 19.4. The topological polar surface area (TPSA) is 90.7 Å². The minimum absolute atomic E-state index is 0.114. The van der Waals surface area contributed by atoms with Crippen LogP contribution in [0.3, 0.4) is 0 Å². The highest BCUT2D eigenvalue weighted by Crippen LogP contribution is 2.24. The van der Waals surface area contributed by atoms with Crippen LogP contribution in [0.15, 0.2) is 47.5 Å². The summed E-state index contributed by atoms with van der Waals surface area (Å²) in [4.78, 5) is 33.7. The van der Waals surface area contributed by atoms with Crippen molar-refractivity contribution in [3.63, 3.8) is 0 Å². The molecule has 178 valence electrons. The van der Waals surface area contributed by atoms with Crippen LogP contribution in [-0.2, 0) is 17.8 Å². The Hall–Kier alpha value is -2.71. The number of carbonyl (C=O) groups is 1. The van der Waals surface area contributed by atoms with Gasteiger partial charge in [-0.25, -0.2) is 4.98 Å². The lowest BCUT2D eigenvalue weighted by Gasteiger charge is -2.38. The van der Waals surface area contributed by atoms with Crippen LogP contribution >= 0.6 is 0 Å². The fraction of sp³-hybridized carbons (Fsp3) is 0.560. The third-order valence-electron chi connectivity index (χ3n) is 7.05. The van der Waals surface area contributed by atoms with E-state index in [1.165, 1.54) is 23.4 Å². The number of aliphatic hydroxyl groups is 1. The number of nitrogens with one attached hydrogen (secondary N) is 1. The monoisotopic (exact) mass is 453 g/mol. The Kier molecular flexibility index (Phi) is 7.45. The van der Waals surface area contributed by atoms with Gasteiger partial charge in [0, 0.05) is 38.2 Å². The summed E-state index contributed by atoms with van der Waals surface area (Å²) in [5, 5.41) is 14.3. The van der Waals surface area contributed by atoms with Gasteiger partial charge in [-0.1, -0.05) is 30.3 Å². The summed E-state index contributed by atoms with van der Waals surface area (Å²) < 4.78 is 1.47. The predicted octanol–water partition coefficient (Wildman–Crippen LogP) is 1.74. The molecule has 2 fully saturated rings. The number of aromatic nitrogens is 2. The molecule has 8 heteroatoms. The highest BCUT2D eigenvalue weighted by Gasteiger charge is 2.34. The first-order valence-corrected chi connectivity index (χ1v) is 12.0. The third-order valence-corrected chi connectivity index (χ3v) is 7.05. The van der Waals surface area contributed by atoms with Crippen LogP contribution in [0.25, 0.3) is 0 Å². The number of carbonyl (C=O) groups excluding carboxylic acids is 1. The maximum Gasteiger partial charge on any atom is 0.255 e. The molecule has 1 atom stereocenters. The van der Waals surface area contributed by atoms with E-state index < -0.39 is 5.60 Å². The molecule has 0 aliphatic carbocycles. The zero-order chi connectivity index (χ0) is 23.3. The summed E-state index contributed by atoms with van der Waals surface area (Å²) in [5.41, 5.74) is -0.0371. The van der Waals surface area contributed by atoms with Crippen LogP contribution in [0, 0.1) is 0 Å². The van der Waals surface area contributed by atoms with Gasteiger partial charge in [0.25, 0.3) is 5.56 Å². The van der Waals surface area contributed by atoms with Crippen LogP contribution in [0.5, 0.6) is 0 Å². The van der Waals surface area contributed by atoms with Crippen molar-refractivity contribution in [2.45, 2.75) is 56.7 Å². The van der Waals surface area contributed by atoms with E-state index in [1.807, 2.05) is 35.2 Å². The molecule has 0 saturated carbocycles. The molecule has 1 amide bonds. The fourth-order valence-corrected chi connectivity index (χ4v) is 4.80. The Bertz CT molecular complexity index is 985. The first-order valence-electron chi connectivity index (χ1n) is 12.0. The second-order valence-electron chi connectivity index (χ2n) is 9.49. The van der Waals surface area contributed by atoms with Gasteiger partial charge in [0.1, 0.15) is 5.82 Å². The normalized spacial score (nSPS) is 20.7. The van der Waals surface area contributed by atoms with Crippen LogP contribution in [0.2, 0.25) is 0 Å². The van der Waals surface area contributed by atoms with Crippen molar-refractivity contribution in [1.82, 2.24) is 19.4 Å². The summed E-state index contributed by atoms with van der Waals surface area (Å²) in [7, 11) is 2.12. The standard InChI is InChI=1S/C25H35N5O3/c1-28-13-5-8-21(28)17-26-22-16-24(32)30(19-27-22)18-25(33)11-14-29(15-12-25)23(31)10-9-20-6-3-2-4-7-20/h2-4,6-7,16,19,21,26,33H,5,8-15,17-18H2,1H3/t21-/m1/s1. The molecule has 1 aromatic carbocycles. The van der Waals surface area contributed by atoms with Gasteiger partial charge in [0.15, 0.2) is 0 Å². The number of benzene rings is 1. The van der Waals surface area contributed by atoms with Gasteiger partial charge < -0.3 is 20.2 Å². The average Bonchev–Trinajstić information content (AvgIpc) is 3.23. The van der Waals surface area contributed by atoms with Crippen molar-refractivity contribution in [1.29, 1.82) is 0 Å². The molecule has 3 heterocycles. The van der Waals surface area contributed by atoms with E-state index >= 15 is 0 Å². The lowest BCUT2D eigenvalue weighted by atomic mass is 9.91. The predicted molar refractivity (Wildman–Crippen MR) is 128 cm³/mol. The van der Waals surface area contributed by atoms with Gasteiger partial charge in [0.2, 0.25) is 5.91 Å². The van der Waals surface area contributed by atoms with E-state index in [0.29, 0.717) is 44.2 Å². The fourth-order valence-electron chi connectivity index (χ4n) is 4.80. The number of nitrogens with zero attached hydrogens (tertiary/aromatic N) is 4. The molecule has 2 aliphatic rings. The molecule has 0 spiro atoms. The molecule has 0 unspecified atom stereocenters. The molecule has 33 heavy (non-hydrogen) atoms. The Morgan fingerprint density at radius 3 is 2.64 bits per heavy atom. The first-order chi connectivity index (χ1) is 15.9. The minimum atomic E-state index is -1.01. The van der Waals surface area contributed by atoms with Gasteiger partial charge in [-0.05, 0) is 51.3 Å². The molecule has 2 aromatic rings. The number of hydrogen-bond donors (Lipinski definition) is 2. The van der Waals surface area contributed by atoms with Crippen molar-refractivity contribution >= 4 is 11.7 Å². The smallest absolute Gasteiger partial charge is 0.255 e. The number of rotatable bonds is 8. The third kappa shape index (κ3) is 6.21. The number of piperidine rings is 1. The summed E-state index contributed by atoms with van der Waals surface area (Å²) in [5.74, 6) is 0.686. The molecular weight excluding hydrogens is 418 g/mol. The highest BCUT2D eigenvalue weighted by molar-refractivity contribution is 5.76. The van der Waals surface area contributed by atoms with Crippen molar-refractivity contribution in [3.05, 3.63) is 58.6 Å². The molecule has 0 bridgehead atoms. The molecular formula is C25H35N5O3. The Morgan fingerprint density at radius 2 is 1.97 bits per heavy atom. The largest absolute Gasteiger partial charge is 0.388 e. The van der Waals surface area contributed by atoms with Gasteiger partial charge >= 0.3 is 0 Å². The van der Waals surface area contributed by atoms with E-state index in [4.69, 9.17) is 0 Å². The van der Waals surface area contributed by atoms with Gasteiger partial charge in [-0.2, -0.15) is 0 Å². The van der Waals surface area contributed by atoms with E-state index in [-0.39, 0.29) is 18.0 Å². The summed E-state index contributed by atoms with van der Waals surface area (Å²) >= 11 is 0. The van der Waals surface area contributed by atoms with E-state index in [2.05, 4.69) is 22.2 Å². The Balaban J connectivity index is 1.26. The van der Waals surface area contributed by atoms with Crippen molar-refractivity contribution in [3.8, 4) is 0 Å². The average molecular weight is 454 g/mol. The second-order valence-corrected chi connectivity index (χ2v) is 9.49. The number of aryl methyl sites for hydroxylation is 1. The van der Waals surface area contributed by atoms with Crippen molar-refractivity contribution in [2.24, 2.45) is 0 Å². The lowest BCUT2D eigenvalue weighted by Crippen LogP contribution is -2.49. The van der Waals surface area contributed by atoms with Crippen LogP contribution in [-0.4, -0.2) is 75.2 Å². The van der Waals surface area contributed by atoms with Crippen LogP contribution in [0.1, 0.15) is 37.7 Å². The van der Waals surface area contributed by atoms with E-state index in [1.54, 1.807) is 0 Å². The van der Waals surface area contributed by atoms with Gasteiger partial charge in [-0.3, -0.25) is 14.2 Å². The van der Waals surface area contributed by atoms with Gasteiger partial charge in [-0.15, -0.1) is 0 Å². The number of anilines is 1. The molecule has 8 nitrogen and oxygen atoms in total. The summed E-state index contributed by atoms with van der Waals surface area (Å²) in [6.45, 7) is 3.07. The number of hydrogen-bond acceptors (Lipinski definition) is 6. The molecule has 1 aromatic heterocycles. The van der Waals surface area contributed by atoms with Gasteiger partial charge in [0.05, 0.1) is 18.5 Å². The summed E-state index contributed by atoms with van der Waals surface area (Å²) in [6.07, 6.45) is 5.95. The first kappa shape index (κ1) is 23.4. The second kappa shape index (κ2) is 10.5. The van der Waals surface area contributed by atoms with Crippen LogP contribution < -0.4 is 10.9 Å². The molecule has 2 aliphatic heterocycles. The van der Waals surface area contributed by atoms with E-state index in [9.17, 15) is 14.7 Å². The number of likely N-dealkylation sites (N-methyl/N-ethyl adjacent to an activating group) is 1. The minimum Gasteiger partial charge on any atom is -0.388 e. The molecule has 2 saturated heterocycles. The molecule has 2 N–H and O–H groups in total. The SMILES string of the molecule is CN1CCC[C@@H]1CNc1cc(=O)n(CC2(O)CCN(C(=O)CCc3ccccc3)CC2)cn1. The van der Waals surface area contributed by atoms with Crippen molar-refractivity contribution in [2.75, 3.05) is 38.5 Å². The highest BCUT2D eigenvalue weighted by atomic mass is 16.3. The zero-order valence-corrected chi connectivity index (χ0v) is 19.4. The Morgan fingerprint density at radius 1 is 1.21 bits per heavy atom. The lowest BCUT2D eigenvalue weighted by molar-refractivity contribution is -0.135. The molecule has 0 radical (unpaired) electrons. The maximum absolute atomic E-state index is 12.6. The summed E-state index contributed by atoms with van der Waals surface area (Å²) in [6, 6.07) is 12.0. The number of amides is 1. The van der Waals surface area contributed by atoms with Crippen molar-refractivity contribution < 1.29 is 9.90 Å². The molecule has 4 rings (SSSR count). The Labute approximate surface area is 195 Å².